The molecule has 0 bridgehead atoms. The lowest BCUT2D eigenvalue weighted by atomic mass is 10.0. The zero-order chi connectivity index (χ0) is 15.2. The van der Waals surface area contributed by atoms with Crippen LogP contribution >= 0.6 is 0 Å². The third-order valence-electron chi connectivity index (χ3n) is 3.89. The Morgan fingerprint density at radius 1 is 1.48 bits per heavy atom. The number of nitrogens with zero attached hydrogens (tertiary/aromatic N) is 1. The zero-order valence-corrected chi connectivity index (χ0v) is 12.7. The van der Waals surface area contributed by atoms with E-state index in [2.05, 4.69) is 5.32 Å². The number of benzene rings is 1. The first kappa shape index (κ1) is 15.8. The number of nitrogens with one attached hydrogen (secondary N) is 1. The average molecular weight is 294 g/mol. The molecule has 116 valence electrons. The molecule has 21 heavy (non-hydrogen) atoms. The van der Waals surface area contributed by atoms with Crippen LogP contribution in [0, 0.1) is 5.82 Å². The Morgan fingerprint density at radius 3 is 2.86 bits per heavy atom. The zero-order valence-electron chi connectivity index (χ0n) is 12.7. The normalized spacial score (nSPS) is 18.3. The van der Waals surface area contributed by atoms with Crippen LogP contribution in [0.15, 0.2) is 18.2 Å². The van der Waals surface area contributed by atoms with Gasteiger partial charge in [-0.15, -0.1) is 0 Å². The number of hydrogen-bond donors (Lipinski definition) is 1. The van der Waals surface area contributed by atoms with E-state index in [1.165, 1.54) is 13.2 Å². The van der Waals surface area contributed by atoms with Crippen LogP contribution in [0.4, 0.5) is 4.39 Å². The molecule has 0 saturated carbocycles. The van der Waals surface area contributed by atoms with Crippen LogP contribution in [0.25, 0.3) is 0 Å². The molecule has 0 radical (unpaired) electrons. The van der Waals surface area contributed by atoms with Gasteiger partial charge in [-0.2, -0.15) is 0 Å². The number of methoxy groups -OCH3 is 1. The van der Waals surface area contributed by atoms with E-state index in [4.69, 9.17) is 4.74 Å². The van der Waals surface area contributed by atoms with Crippen molar-refractivity contribution in [1.82, 2.24) is 10.2 Å². The second-order valence-electron chi connectivity index (χ2n) is 5.32. The number of amides is 1. The van der Waals surface area contributed by atoms with Crippen molar-refractivity contribution < 1.29 is 13.9 Å². The van der Waals surface area contributed by atoms with Crippen molar-refractivity contribution in [2.24, 2.45) is 0 Å². The summed E-state index contributed by atoms with van der Waals surface area (Å²) < 4.78 is 18.6. The minimum Gasteiger partial charge on any atom is -0.494 e. The van der Waals surface area contributed by atoms with Gasteiger partial charge in [0.05, 0.1) is 13.2 Å². The van der Waals surface area contributed by atoms with Gasteiger partial charge in [-0.3, -0.25) is 4.79 Å². The smallest absolute Gasteiger partial charge is 0.239 e. The van der Waals surface area contributed by atoms with Crippen molar-refractivity contribution >= 4 is 5.91 Å². The molecule has 1 atom stereocenters. The van der Waals surface area contributed by atoms with E-state index in [9.17, 15) is 9.18 Å². The minimum atomic E-state index is -0.394. The average Bonchev–Trinajstić information content (AvgIpc) is 2.53. The van der Waals surface area contributed by atoms with Crippen LogP contribution in [0.2, 0.25) is 0 Å². The highest BCUT2D eigenvalue weighted by atomic mass is 19.1. The molecule has 1 fully saturated rings. The maximum Gasteiger partial charge on any atom is 0.239 e. The van der Waals surface area contributed by atoms with E-state index in [0.717, 1.165) is 31.4 Å². The van der Waals surface area contributed by atoms with E-state index in [0.29, 0.717) is 13.1 Å². The number of piperidine rings is 1. The highest BCUT2D eigenvalue weighted by molar-refractivity contribution is 5.82. The Morgan fingerprint density at radius 2 is 2.29 bits per heavy atom. The summed E-state index contributed by atoms with van der Waals surface area (Å²) in [4.78, 5) is 14.3. The van der Waals surface area contributed by atoms with E-state index >= 15 is 0 Å². The first-order valence-electron chi connectivity index (χ1n) is 7.50. The molecule has 1 amide bonds. The third kappa shape index (κ3) is 3.94. The van der Waals surface area contributed by atoms with Gasteiger partial charge in [0.15, 0.2) is 11.6 Å². The lowest BCUT2D eigenvalue weighted by molar-refractivity contribution is -0.134. The Kier molecular flexibility index (Phi) is 5.56. The van der Waals surface area contributed by atoms with Gasteiger partial charge < -0.3 is 15.0 Å². The third-order valence-corrected chi connectivity index (χ3v) is 3.89. The van der Waals surface area contributed by atoms with Crippen molar-refractivity contribution in [3.8, 4) is 5.75 Å². The molecule has 1 aromatic carbocycles. The topological polar surface area (TPSA) is 41.6 Å². The highest BCUT2D eigenvalue weighted by Crippen LogP contribution is 2.19. The number of ether oxygens (including phenoxy) is 1. The van der Waals surface area contributed by atoms with E-state index in [1.54, 1.807) is 17.0 Å². The number of hydrogen-bond acceptors (Lipinski definition) is 3. The van der Waals surface area contributed by atoms with Crippen LogP contribution < -0.4 is 10.1 Å². The SMILES string of the molecule is CCN(Cc1ccc(OC)c(F)c1)C(=O)[C@@H]1CCCCN1. The Bertz CT molecular complexity index is 487. The van der Waals surface area contributed by atoms with Crippen molar-refractivity contribution in [3.05, 3.63) is 29.6 Å². The summed E-state index contributed by atoms with van der Waals surface area (Å²) in [7, 11) is 1.44. The second-order valence-corrected chi connectivity index (χ2v) is 5.32. The van der Waals surface area contributed by atoms with Crippen LogP contribution in [0.3, 0.4) is 0 Å². The fourth-order valence-corrected chi connectivity index (χ4v) is 2.66. The van der Waals surface area contributed by atoms with Crippen molar-refractivity contribution in [3.63, 3.8) is 0 Å². The fourth-order valence-electron chi connectivity index (χ4n) is 2.66. The lowest BCUT2D eigenvalue weighted by Crippen LogP contribution is -2.48. The van der Waals surface area contributed by atoms with Gasteiger partial charge in [-0.1, -0.05) is 12.5 Å². The first-order chi connectivity index (χ1) is 10.2. The van der Waals surface area contributed by atoms with E-state index in [1.807, 2.05) is 6.92 Å². The lowest BCUT2D eigenvalue weighted by Gasteiger charge is -2.29. The van der Waals surface area contributed by atoms with Gasteiger partial charge in [-0.25, -0.2) is 4.39 Å². The number of likely N-dealkylation sites (N-methyl/N-ethyl adjacent to an activating group) is 1. The van der Waals surface area contributed by atoms with Gasteiger partial charge in [0.2, 0.25) is 5.91 Å². The van der Waals surface area contributed by atoms with Crippen molar-refractivity contribution in [2.75, 3.05) is 20.2 Å². The summed E-state index contributed by atoms with van der Waals surface area (Å²) in [6.45, 7) is 3.88. The van der Waals surface area contributed by atoms with Crippen molar-refractivity contribution in [2.45, 2.75) is 38.8 Å². The van der Waals surface area contributed by atoms with Crippen molar-refractivity contribution in [1.29, 1.82) is 0 Å². The van der Waals surface area contributed by atoms with Gasteiger partial charge in [0.25, 0.3) is 0 Å². The Hall–Kier alpha value is -1.62. The molecule has 1 N–H and O–H groups in total. The Labute approximate surface area is 125 Å². The molecule has 1 aliphatic rings. The molecule has 5 heteroatoms. The molecule has 1 aliphatic heterocycles. The largest absolute Gasteiger partial charge is 0.494 e. The molecule has 0 spiro atoms. The first-order valence-corrected chi connectivity index (χ1v) is 7.50. The minimum absolute atomic E-state index is 0.0956. The molecule has 1 aromatic rings. The second kappa shape index (κ2) is 7.41. The van der Waals surface area contributed by atoms with E-state index in [-0.39, 0.29) is 17.7 Å². The standard InChI is InChI=1S/C16H23FN2O2/c1-3-19(16(20)14-6-4-5-9-18-14)11-12-7-8-15(21-2)13(17)10-12/h7-8,10,14,18H,3-6,9,11H2,1-2H3/t14-/m0/s1. The van der Waals surface area contributed by atoms with Gasteiger partial charge in [0.1, 0.15) is 0 Å². The fraction of sp³-hybridized carbons (Fsp3) is 0.562. The van der Waals surface area contributed by atoms with E-state index < -0.39 is 5.82 Å². The number of carbonyl (C=O) groups is 1. The summed E-state index contributed by atoms with van der Waals surface area (Å²) in [5.74, 6) is -0.0650. The maximum atomic E-state index is 13.7. The van der Waals surface area contributed by atoms with Crippen LogP contribution in [0.5, 0.6) is 5.75 Å². The summed E-state index contributed by atoms with van der Waals surface area (Å²) in [6, 6.07) is 4.73. The van der Waals surface area contributed by atoms with Crippen LogP contribution in [-0.4, -0.2) is 37.0 Å². The molecule has 2 rings (SSSR count). The van der Waals surface area contributed by atoms with Crippen LogP contribution in [-0.2, 0) is 11.3 Å². The molecule has 0 unspecified atom stereocenters. The number of rotatable bonds is 5. The van der Waals surface area contributed by atoms with Gasteiger partial charge in [-0.05, 0) is 44.0 Å². The molecule has 1 heterocycles. The molecule has 0 aromatic heterocycles. The molecular weight excluding hydrogens is 271 g/mol. The molecule has 1 saturated heterocycles. The maximum absolute atomic E-state index is 13.7. The van der Waals surface area contributed by atoms with Crippen LogP contribution in [0.1, 0.15) is 31.7 Å². The summed E-state index contributed by atoms with van der Waals surface area (Å²) >= 11 is 0. The quantitative estimate of drug-likeness (QED) is 0.906. The number of halogens is 1. The monoisotopic (exact) mass is 294 g/mol. The molecular formula is C16H23FN2O2. The molecule has 0 aliphatic carbocycles. The summed E-state index contributed by atoms with van der Waals surface area (Å²) in [5, 5.41) is 3.26. The van der Waals surface area contributed by atoms with Gasteiger partial charge >= 0.3 is 0 Å². The summed E-state index contributed by atoms with van der Waals surface area (Å²) in [6.07, 6.45) is 3.09. The van der Waals surface area contributed by atoms with Gasteiger partial charge in [0, 0.05) is 13.1 Å². The number of carbonyl (C=O) groups excluding carboxylic acids is 1. The molecule has 4 nitrogen and oxygen atoms in total. The summed E-state index contributed by atoms with van der Waals surface area (Å²) in [5.41, 5.74) is 0.777. The predicted octanol–water partition coefficient (Wildman–Crippen LogP) is 2.32. The highest BCUT2D eigenvalue weighted by Gasteiger charge is 2.25. The Balaban J connectivity index is 2.04. The predicted molar refractivity (Wildman–Crippen MR) is 79.7 cm³/mol.